The molecule has 0 bridgehead atoms. The van der Waals surface area contributed by atoms with E-state index in [-0.39, 0.29) is 0 Å². The first-order valence-electron chi connectivity index (χ1n) is 8.55. The SMILES string of the molecule is Cc1nccn1C[C@@H]1CCCN(CCCc2ccccc2)C1. The Hall–Kier alpha value is -1.61. The van der Waals surface area contributed by atoms with Crippen molar-refractivity contribution < 1.29 is 0 Å². The van der Waals surface area contributed by atoms with Crippen molar-refractivity contribution in [1.29, 1.82) is 0 Å². The molecule has 3 rings (SSSR count). The summed E-state index contributed by atoms with van der Waals surface area (Å²) in [6, 6.07) is 10.8. The number of hydrogen-bond acceptors (Lipinski definition) is 2. The van der Waals surface area contributed by atoms with Crippen LogP contribution in [0.15, 0.2) is 42.7 Å². The maximum Gasteiger partial charge on any atom is 0.105 e. The molecule has 1 aliphatic heterocycles. The quantitative estimate of drug-likeness (QED) is 0.813. The van der Waals surface area contributed by atoms with Crippen molar-refractivity contribution in [2.24, 2.45) is 5.92 Å². The molecule has 3 heteroatoms. The zero-order valence-electron chi connectivity index (χ0n) is 13.6. The third kappa shape index (κ3) is 4.20. The summed E-state index contributed by atoms with van der Waals surface area (Å²) < 4.78 is 2.30. The molecule has 3 nitrogen and oxygen atoms in total. The van der Waals surface area contributed by atoms with E-state index in [0.29, 0.717) is 0 Å². The van der Waals surface area contributed by atoms with Crippen LogP contribution in [0.3, 0.4) is 0 Å². The van der Waals surface area contributed by atoms with Gasteiger partial charge in [0.15, 0.2) is 0 Å². The fourth-order valence-electron chi connectivity index (χ4n) is 3.53. The molecule has 1 aromatic carbocycles. The summed E-state index contributed by atoms with van der Waals surface area (Å²) in [4.78, 5) is 6.99. The highest BCUT2D eigenvalue weighted by Crippen LogP contribution is 2.19. The smallest absolute Gasteiger partial charge is 0.105 e. The molecule has 2 aromatic rings. The molecule has 1 aromatic heterocycles. The topological polar surface area (TPSA) is 21.1 Å². The van der Waals surface area contributed by atoms with E-state index in [0.717, 1.165) is 18.3 Å². The van der Waals surface area contributed by atoms with Crippen LogP contribution < -0.4 is 0 Å². The van der Waals surface area contributed by atoms with Crippen molar-refractivity contribution in [3.8, 4) is 0 Å². The molecule has 0 unspecified atom stereocenters. The minimum Gasteiger partial charge on any atom is -0.335 e. The van der Waals surface area contributed by atoms with Gasteiger partial charge in [0.05, 0.1) is 0 Å². The van der Waals surface area contributed by atoms with Crippen molar-refractivity contribution in [3.05, 3.63) is 54.1 Å². The second kappa shape index (κ2) is 7.59. The Morgan fingerprint density at radius 2 is 2.09 bits per heavy atom. The summed E-state index contributed by atoms with van der Waals surface area (Å²) in [5.74, 6) is 1.92. The van der Waals surface area contributed by atoms with Crippen molar-refractivity contribution in [3.63, 3.8) is 0 Å². The highest BCUT2D eigenvalue weighted by molar-refractivity contribution is 5.14. The van der Waals surface area contributed by atoms with Crippen LogP contribution in [-0.2, 0) is 13.0 Å². The molecule has 0 spiro atoms. The number of aryl methyl sites for hydroxylation is 2. The highest BCUT2D eigenvalue weighted by atomic mass is 15.1. The van der Waals surface area contributed by atoms with Crippen molar-refractivity contribution in [1.82, 2.24) is 14.5 Å². The third-order valence-electron chi connectivity index (χ3n) is 4.76. The number of likely N-dealkylation sites (tertiary alicyclic amines) is 1. The van der Waals surface area contributed by atoms with Crippen LogP contribution in [0.2, 0.25) is 0 Å². The van der Waals surface area contributed by atoms with Gasteiger partial charge >= 0.3 is 0 Å². The Morgan fingerprint density at radius 3 is 2.86 bits per heavy atom. The second-order valence-corrected chi connectivity index (χ2v) is 6.52. The Labute approximate surface area is 134 Å². The maximum absolute atomic E-state index is 4.33. The minimum absolute atomic E-state index is 0.776. The summed E-state index contributed by atoms with van der Waals surface area (Å²) in [6.45, 7) is 6.97. The number of benzene rings is 1. The first-order valence-corrected chi connectivity index (χ1v) is 8.55. The fraction of sp³-hybridized carbons (Fsp3) is 0.526. The molecule has 1 atom stereocenters. The third-order valence-corrected chi connectivity index (χ3v) is 4.76. The van der Waals surface area contributed by atoms with Gasteiger partial charge in [0.2, 0.25) is 0 Å². The summed E-state index contributed by atoms with van der Waals surface area (Å²) in [5.41, 5.74) is 1.46. The van der Waals surface area contributed by atoms with Crippen LogP contribution in [-0.4, -0.2) is 34.1 Å². The average Bonchev–Trinajstić information content (AvgIpc) is 2.94. The molecule has 0 N–H and O–H groups in total. The van der Waals surface area contributed by atoms with E-state index in [1.165, 1.54) is 50.9 Å². The number of piperidine rings is 1. The lowest BCUT2D eigenvalue weighted by molar-refractivity contribution is 0.161. The molecule has 0 amide bonds. The van der Waals surface area contributed by atoms with Gasteiger partial charge in [0.1, 0.15) is 5.82 Å². The average molecular weight is 297 g/mol. The van der Waals surface area contributed by atoms with Crippen LogP contribution in [0.25, 0.3) is 0 Å². The van der Waals surface area contributed by atoms with Crippen molar-refractivity contribution in [2.75, 3.05) is 19.6 Å². The van der Waals surface area contributed by atoms with Crippen LogP contribution in [0.1, 0.15) is 30.7 Å². The lowest BCUT2D eigenvalue weighted by Gasteiger charge is -2.33. The molecule has 1 aliphatic rings. The van der Waals surface area contributed by atoms with E-state index in [4.69, 9.17) is 0 Å². The standard InChI is InChI=1S/C19H27N3/c1-17-20-11-14-22(17)16-19-10-6-13-21(15-19)12-5-9-18-7-3-2-4-8-18/h2-4,7-8,11,14,19H,5-6,9-10,12-13,15-16H2,1H3/t19-/m1/s1. The Balaban J connectivity index is 1.43. The monoisotopic (exact) mass is 297 g/mol. The summed E-state index contributed by atoms with van der Waals surface area (Å²) in [5, 5.41) is 0. The molecule has 118 valence electrons. The molecule has 22 heavy (non-hydrogen) atoms. The van der Waals surface area contributed by atoms with E-state index in [1.807, 2.05) is 6.20 Å². The van der Waals surface area contributed by atoms with Gasteiger partial charge in [-0.15, -0.1) is 0 Å². The summed E-state index contributed by atoms with van der Waals surface area (Å²) in [6.07, 6.45) is 9.18. The summed E-state index contributed by atoms with van der Waals surface area (Å²) >= 11 is 0. The molecular formula is C19H27N3. The fourth-order valence-corrected chi connectivity index (χ4v) is 3.53. The van der Waals surface area contributed by atoms with Gasteiger partial charge < -0.3 is 9.47 Å². The molecule has 1 fully saturated rings. The molecular weight excluding hydrogens is 270 g/mol. The number of nitrogens with zero attached hydrogens (tertiary/aromatic N) is 3. The van der Waals surface area contributed by atoms with Gasteiger partial charge in [-0.1, -0.05) is 30.3 Å². The van der Waals surface area contributed by atoms with Gasteiger partial charge in [-0.3, -0.25) is 0 Å². The van der Waals surface area contributed by atoms with Gasteiger partial charge in [0.25, 0.3) is 0 Å². The van der Waals surface area contributed by atoms with E-state index in [1.54, 1.807) is 0 Å². The van der Waals surface area contributed by atoms with Crippen LogP contribution in [0, 0.1) is 12.8 Å². The van der Waals surface area contributed by atoms with Crippen molar-refractivity contribution in [2.45, 2.75) is 39.2 Å². The largest absolute Gasteiger partial charge is 0.335 e. The minimum atomic E-state index is 0.776. The zero-order valence-corrected chi connectivity index (χ0v) is 13.6. The first kappa shape index (κ1) is 15.3. The predicted octanol–water partition coefficient (Wildman–Crippen LogP) is 3.54. The Morgan fingerprint density at radius 1 is 1.23 bits per heavy atom. The van der Waals surface area contributed by atoms with Crippen molar-refractivity contribution >= 4 is 0 Å². The molecule has 1 saturated heterocycles. The first-order chi connectivity index (χ1) is 10.8. The van der Waals surface area contributed by atoms with Gasteiger partial charge in [-0.05, 0) is 57.2 Å². The molecule has 0 saturated carbocycles. The second-order valence-electron chi connectivity index (χ2n) is 6.52. The lowest BCUT2D eigenvalue weighted by atomic mass is 9.97. The highest BCUT2D eigenvalue weighted by Gasteiger charge is 2.20. The zero-order chi connectivity index (χ0) is 15.2. The maximum atomic E-state index is 4.33. The number of aromatic nitrogens is 2. The van der Waals surface area contributed by atoms with E-state index < -0.39 is 0 Å². The summed E-state index contributed by atoms with van der Waals surface area (Å²) in [7, 11) is 0. The Kier molecular flexibility index (Phi) is 5.28. The van der Waals surface area contributed by atoms with E-state index >= 15 is 0 Å². The van der Waals surface area contributed by atoms with Gasteiger partial charge in [-0.2, -0.15) is 0 Å². The van der Waals surface area contributed by atoms with Crippen LogP contribution in [0.5, 0.6) is 0 Å². The van der Waals surface area contributed by atoms with E-state index in [9.17, 15) is 0 Å². The van der Waals surface area contributed by atoms with Gasteiger partial charge in [0, 0.05) is 25.5 Å². The van der Waals surface area contributed by atoms with Crippen LogP contribution in [0.4, 0.5) is 0 Å². The van der Waals surface area contributed by atoms with E-state index in [2.05, 4.69) is 57.9 Å². The van der Waals surface area contributed by atoms with Gasteiger partial charge in [-0.25, -0.2) is 4.98 Å². The molecule has 0 radical (unpaired) electrons. The lowest BCUT2D eigenvalue weighted by Crippen LogP contribution is -2.37. The Bertz CT molecular complexity index is 561. The number of rotatable bonds is 6. The number of imidazole rings is 1. The normalized spacial score (nSPS) is 19.4. The van der Waals surface area contributed by atoms with Crippen LogP contribution >= 0.6 is 0 Å². The molecule has 0 aliphatic carbocycles. The predicted molar refractivity (Wildman–Crippen MR) is 90.9 cm³/mol. The molecule has 2 heterocycles. The number of hydrogen-bond donors (Lipinski definition) is 0.